The molecule has 0 aliphatic heterocycles. The molecule has 1 fully saturated rings. The lowest BCUT2D eigenvalue weighted by Crippen LogP contribution is -2.52. The maximum absolute atomic E-state index is 10.2. The van der Waals surface area contributed by atoms with Crippen molar-refractivity contribution in [2.75, 3.05) is 6.54 Å². The molecule has 3 atom stereocenters. The molecule has 1 saturated carbocycles. The Kier molecular flexibility index (Phi) is 5.00. The predicted molar refractivity (Wildman–Crippen MR) is 69.4 cm³/mol. The van der Waals surface area contributed by atoms with Gasteiger partial charge >= 0.3 is 0 Å². The molecule has 2 heteroatoms. The van der Waals surface area contributed by atoms with Crippen LogP contribution in [0.2, 0.25) is 0 Å². The van der Waals surface area contributed by atoms with E-state index in [4.69, 9.17) is 0 Å². The summed E-state index contributed by atoms with van der Waals surface area (Å²) < 4.78 is 0. The topological polar surface area (TPSA) is 32.3 Å². The largest absolute Gasteiger partial charge is 0.393 e. The first kappa shape index (κ1) is 13.7. The van der Waals surface area contributed by atoms with Gasteiger partial charge in [-0.25, -0.2) is 0 Å². The number of nitrogens with one attached hydrogen (secondary N) is 1. The average molecular weight is 225 g/mol. The SMILES string of the molecule is C/C=C/CNC(C)(C)[C@@H]1CC[C@@H](C)C[C@H]1O. The first-order chi connectivity index (χ1) is 7.47. The zero-order valence-electron chi connectivity index (χ0n) is 11.2. The number of allylic oxidation sites excluding steroid dienone is 1. The standard InChI is InChI=1S/C14H27NO/c1-5-6-9-15-14(3,4)12-8-7-11(2)10-13(12)16/h5-6,11-13,15-16H,7-10H2,1-4H3/b6-5+/t11-,12-,13-/m1/s1. The van der Waals surface area contributed by atoms with Crippen molar-refractivity contribution in [2.24, 2.45) is 11.8 Å². The Morgan fingerprint density at radius 1 is 1.38 bits per heavy atom. The lowest BCUT2D eigenvalue weighted by atomic mass is 9.72. The maximum atomic E-state index is 10.2. The lowest BCUT2D eigenvalue weighted by molar-refractivity contribution is 0.00716. The van der Waals surface area contributed by atoms with Gasteiger partial charge in [0.05, 0.1) is 6.10 Å². The van der Waals surface area contributed by atoms with Crippen LogP contribution < -0.4 is 5.32 Å². The molecule has 1 aliphatic rings. The molecule has 0 aromatic rings. The molecule has 1 aliphatic carbocycles. The van der Waals surface area contributed by atoms with Gasteiger partial charge in [-0.1, -0.05) is 25.5 Å². The summed E-state index contributed by atoms with van der Waals surface area (Å²) >= 11 is 0. The summed E-state index contributed by atoms with van der Waals surface area (Å²) in [5, 5.41) is 13.7. The van der Waals surface area contributed by atoms with Crippen LogP contribution in [0.4, 0.5) is 0 Å². The van der Waals surface area contributed by atoms with E-state index in [1.165, 1.54) is 6.42 Å². The first-order valence-corrected chi connectivity index (χ1v) is 6.51. The van der Waals surface area contributed by atoms with Crippen LogP contribution in [-0.4, -0.2) is 23.3 Å². The van der Waals surface area contributed by atoms with Crippen LogP contribution in [0.3, 0.4) is 0 Å². The fourth-order valence-electron chi connectivity index (χ4n) is 2.76. The molecule has 0 aromatic carbocycles. The number of aliphatic hydroxyl groups excluding tert-OH is 1. The molecule has 1 rings (SSSR count). The van der Waals surface area contributed by atoms with Gasteiger partial charge in [0, 0.05) is 18.0 Å². The third kappa shape index (κ3) is 3.60. The van der Waals surface area contributed by atoms with Gasteiger partial charge in [0.1, 0.15) is 0 Å². The summed E-state index contributed by atoms with van der Waals surface area (Å²) in [6.07, 6.45) is 7.38. The molecule has 16 heavy (non-hydrogen) atoms. The minimum atomic E-state index is -0.142. The molecule has 0 amide bonds. The summed E-state index contributed by atoms with van der Waals surface area (Å²) in [6.45, 7) is 9.58. The Morgan fingerprint density at radius 3 is 2.62 bits per heavy atom. The smallest absolute Gasteiger partial charge is 0.0588 e. The van der Waals surface area contributed by atoms with E-state index in [1.54, 1.807) is 0 Å². The van der Waals surface area contributed by atoms with Gasteiger partial charge in [-0.2, -0.15) is 0 Å². The van der Waals surface area contributed by atoms with E-state index in [9.17, 15) is 5.11 Å². The van der Waals surface area contributed by atoms with Crippen molar-refractivity contribution >= 4 is 0 Å². The van der Waals surface area contributed by atoms with Crippen molar-refractivity contribution in [1.29, 1.82) is 0 Å². The highest BCUT2D eigenvalue weighted by Gasteiger charge is 2.37. The number of rotatable bonds is 4. The molecule has 0 spiro atoms. The first-order valence-electron chi connectivity index (χ1n) is 6.51. The van der Waals surface area contributed by atoms with Crippen LogP contribution in [-0.2, 0) is 0 Å². The second kappa shape index (κ2) is 5.83. The molecule has 0 bridgehead atoms. The van der Waals surface area contributed by atoms with Crippen molar-refractivity contribution in [3.63, 3.8) is 0 Å². The van der Waals surface area contributed by atoms with Crippen LogP contribution in [0.25, 0.3) is 0 Å². The van der Waals surface area contributed by atoms with Crippen molar-refractivity contribution in [3.8, 4) is 0 Å². The van der Waals surface area contributed by atoms with Crippen LogP contribution >= 0.6 is 0 Å². The highest BCUT2D eigenvalue weighted by Crippen LogP contribution is 2.35. The van der Waals surface area contributed by atoms with E-state index in [1.807, 2.05) is 6.92 Å². The molecular formula is C14H27NO. The molecule has 2 N–H and O–H groups in total. The van der Waals surface area contributed by atoms with Gasteiger partial charge in [0.2, 0.25) is 0 Å². The van der Waals surface area contributed by atoms with Gasteiger partial charge in [-0.05, 0) is 39.5 Å². The van der Waals surface area contributed by atoms with E-state index in [0.29, 0.717) is 11.8 Å². The third-order valence-electron chi connectivity index (χ3n) is 3.92. The maximum Gasteiger partial charge on any atom is 0.0588 e. The Labute approximate surface area is 100 Å². The van der Waals surface area contributed by atoms with Crippen molar-refractivity contribution in [2.45, 2.75) is 58.6 Å². The van der Waals surface area contributed by atoms with Crippen molar-refractivity contribution in [3.05, 3.63) is 12.2 Å². The number of aliphatic hydroxyl groups is 1. The summed E-state index contributed by atoms with van der Waals surface area (Å²) in [6, 6.07) is 0. The van der Waals surface area contributed by atoms with Gasteiger partial charge in [0.25, 0.3) is 0 Å². The number of hydrogen-bond donors (Lipinski definition) is 2. The Hall–Kier alpha value is -0.340. The quantitative estimate of drug-likeness (QED) is 0.721. The molecule has 0 heterocycles. The van der Waals surface area contributed by atoms with E-state index >= 15 is 0 Å². The van der Waals surface area contributed by atoms with Gasteiger partial charge in [0.15, 0.2) is 0 Å². The third-order valence-corrected chi connectivity index (χ3v) is 3.92. The minimum Gasteiger partial charge on any atom is -0.393 e. The normalized spacial score (nSPS) is 32.2. The average Bonchev–Trinajstić information content (AvgIpc) is 2.17. The summed E-state index contributed by atoms with van der Waals surface area (Å²) in [5.41, 5.74) is 0.0269. The van der Waals surface area contributed by atoms with Crippen LogP contribution in [0.5, 0.6) is 0 Å². The Morgan fingerprint density at radius 2 is 2.06 bits per heavy atom. The number of hydrogen-bond acceptors (Lipinski definition) is 2. The fourth-order valence-corrected chi connectivity index (χ4v) is 2.76. The predicted octanol–water partition coefficient (Wildman–Crippen LogP) is 2.73. The highest BCUT2D eigenvalue weighted by atomic mass is 16.3. The fraction of sp³-hybridized carbons (Fsp3) is 0.857. The summed E-state index contributed by atoms with van der Waals surface area (Å²) in [5.74, 6) is 1.06. The molecule has 0 saturated heterocycles. The molecule has 0 unspecified atom stereocenters. The lowest BCUT2D eigenvalue weighted by Gasteiger charge is -2.42. The zero-order valence-corrected chi connectivity index (χ0v) is 11.2. The van der Waals surface area contributed by atoms with E-state index < -0.39 is 0 Å². The highest BCUT2D eigenvalue weighted by molar-refractivity contribution is 4.95. The monoisotopic (exact) mass is 225 g/mol. The van der Waals surface area contributed by atoms with E-state index in [-0.39, 0.29) is 11.6 Å². The van der Waals surface area contributed by atoms with Gasteiger partial charge < -0.3 is 10.4 Å². The molecule has 2 nitrogen and oxygen atoms in total. The van der Waals surface area contributed by atoms with Crippen LogP contribution in [0, 0.1) is 11.8 Å². The second-order valence-electron chi connectivity index (χ2n) is 5.76. The zero-order chi connectivity index (χ0) is 12.2. The second-order valence-corrected chi connectivity index (χ2v) is 5.76. The summed E-state index contributed by atoms with van der Waals surface area (Å²) in [4.78, 5) is 0. The summed E-state index contributed by atoms with van der Waals surface area (Å²) in [7, 11) is 0. The molecule has 0 aromatic heterocycles. The van der Waals surface area contributed by atoms with Crippen molar-refractivity contribution in [1.82, 2.24) is 5.32 Å². The minimum absolute atomic E-state index is 0.0269. The molecular weight excluding hydrogens is 198 g/mol. The van der Waals surface area contributed by atoms with Crippen molar-refractivity contribution < 1.29 is 5.11 Å². The van der Waals surface area contributed by atoms with E-state index in [0.717, 1.165) is 19.4 Å². The van der Waals surface area contributed by atoms with Gasteiger partial charge in [-0.3, -0.25) is 0 Å². The Bertz CT molecular complexity index is 235. The van der Waals surface area contributed by atoms with Crippen LogP contribution in [0.1, 0.15) is 47.0 Å². The van der Waals surface area contributed by atoms with Gasteiger partial charge in [-0.15, -0.1) is 0 Å². The Balaban J connectivity index is 2.53. The molecule has 0 radical (unpaired) electrons. The van der Waals surface area contributed by atoms with E-state index in [2.05, 4.69) is 38.2 Å². The molecule has 94 valence electrons. The van der Waals surface area contributed by atoms with Crippen LogP contribution in [0.15, 0.2) is 12.2 Å².